The number of aromatic hydroxyl groups is 1. The molecule has 6 fully saturated rings. The Bertz CT molecular complexity index is 2960. The Morgan fingerprint density at radius 1 is 0.901 bits per heavy atom. The Labute approximate surface area is 413 Å². The number of carbonyl (C=O) groups excluding carboxylic acids is 3. The highest BCUT2D eigenvalue weighted by Gasteiger charge is 2.51. The number of phenols is 1. The molecule has 3 amide bonds. The fourth-order valence-corrected chi connectivity index (χ4v) is 13.0. The maximum Gasteiger partial charge on any atom is 0.319 e. The highest BCUT2D eigenvalue weighted by molar-refractivity contribution is 6.06. The van der Waals surface area contributed by atoms with Gasteiger partial charge in [0.1, 0.15) is 28.8 Å². The molecule has 7 heterocycles. The van der Waals surface area contributed by atoms with Gasteiger partial charge in [-0.2, -0.15) is 9.97 Å². The molecule has 0 bridgehead atoms. The topological polar surface area (TPSA) is 168 Å². The summed E-state index contributed by atoms with van der Waals surface area (Å²) in [7, 11) is 0. The molecule has 372 valence electrons. The van der Waals surface area contributed by atoms with Gasteiger partial charge in [-0.15, -0.1) is 0 Å². The number of aryl methyl sites for hydroxylation is 1. The average Bonchev–Trinajstić information content (AvgIpc) is 4.04. The molecule has 2 atom stereocenters. The number of aromatic nitrogens is 3. The molecule has 2 saturated carbocycles. The normalized spacial score (nSPS) is 24.7. The predicted molar refractivity (Wildman–Crippen MR) is 268 cm³/mol. The molecule has 1 spiro atoms. The zero-order chi connectivity index (χ0) is 48.8. The molecule has 7 aliphatic rings. The molecule has 3 aromatic carbocycles. The quantitative estimate of drug-likeness (QED) is 0.122. The minimum atomic E-state index is -0.927. The molecule has 2 aromatic heterocycles. The van der Waals surface area contributed by atoms with Gasteiger partial charge in [-0.25, -0.2) is 4.39 Å². The molecule has 2 aliphatic carbocycles. The fraction of sp³-hybridized carbons (Fsp3) is 0.527. The molecule has 5 aliphatic heterocycles. The number of pyridine rings is 1. The first-order valence-electron chi connectivity index (χ1n) is 26.0. The van der Waals surface area contributed by atoms with E-state index in [1.54, 1.807) is 23.2 Å². The summed E-state index contributed by atoms with van der Waals surface area (Å²) in [5, 5.41) is 26.4. The standard InChI is InChI=1S/C55H64FN9O6/c1-3-34-6-4-7-35-25-39(66)26-41(45(34)35)47-46(56)48-42(29-57-47)49(64-17-5-12-53(2,70)31-64)60-52(59-48)71-33-55(13-14-55)32-61-18-15-54(16-19-61)27-38(28-54)63-22-20-62(21-23-63)37-8-9-40-36(24-37)30-65(51(40)69)43-10-11-44(67)58-50(43)68/h4,6-9,24-26,29,38,43,66,70H,3,5,10-23,27-28,30-33H2,1-2H3,(H,58,67,68)/t43?,53-/m1/s1. The number of hydrogen-bond acceptors (Lipinski definition) is 13. The Morgan fingerprint density at radius 2 is 1.70 bits per heavy atom. The highest BCUT2D eigenvalue weighted by Crippen LogP contribution is 2.53. The Kier molecular flexibility index (Phi) is 11.5. The lowest BCUT2D eigenvalue weighted by atomic mass is 9.60. The van der Waals surface area contributed by atoms with Gasteiger partial charge >= 0.3 is 6.01 Å². The van der Waals surface area contributed by atoms with Gasteiger partial charge in [0.2, 0.25) is 11.8 Å². The van der Waals surface area contributed by atoms with E-state index in [4.69, 9.17) is 14.7 Å². The number of phenolic OH excluding ortho intramolecular Hbond substituents is 1. The number of rotatable bonds is 11. The van der Waals surface area contributed by atoms with Gasteiger partial charge < -0.3 is 34.5 Å². The first-order chi connectivity index (χ1) is 34.3. The number of ether oxygens (including phenoxy) is 1. The maximum atomic E-state index is 17.2. The van der Waals surface area contributed by atoms with Crippen LogP contribution >= 0.6 is 0 Å². The Morgan fingerprint density at radius 3 is 2.45 bits per heavy atom. The van der Waals surface area contributed by atoms with E-state index in [2.05, 4.69) is 38.0 Å². The third kappa shape index (κ3) is 8.62. The molecular formula is C55H64FN9O6. The smallest absolute Gasteiger partial charge is 0.319 e. The summed E-state index contributed by atoms with van der Waals surface area (Å²) in [5.74, 6) is -0.861. The molecule has 5 aromatic rings. The number of fused-ring (bicyclic) bond motifs is 3. The number of aliphatic hydroxyl groups is 1. The van der Waals surface area contributed by atoms with E-state index in [1.807, 2.05) is 42.2 Å². The number of piperidine rings is 3. The number of hydrogen-bond donors (Lipinski definition) is 3. The van der Waals surface area contributed by atoms with Crippen LogP contribution in [0.4, 0.5) is 15.9 Å². The molecular weight excluding hydrogens is 902 g/mol. The molecule has 12 rings (SSSR count). The van der Waals surface area contributed by atoms with Crippen LogP contribution < -0.4 is 19.9 Å². The molecule has 16 heteroatoms. The van der Waals surface area contributed by atoms with Crippen LogP contribution in [0, 0.1) is 16.6 Å². The first kappa shape index (κ1) is 46.1. The van der Waals surface area contributed by atoms with E-state index < -0.39 is 17.5 Å². The number of likely N-dealkylation sites (tertiary alicyclic amines) is 1. The van der Waals surface area contributed by atoms with Crippen LogP contribution in [-0.2, 0) is 22.6 Å². The van der Waals surface area contributed by atoms with Gasteiger partial charge in [-0.3, -0.25) is 29.6 Å². The lowest BCUT2D eigenvalue weighted by Crippen LogP contribution is -2.59. The summed E-state index contributed by atoms with van der Waals surface area (Å²) in [6, 6.07) is 15.3. The average molecular weight is 966 g/mol. The van der Waals surface area contributed by atoms with Crippen molar-refractivity contribution < 1.29 is 33.7 Å². The second-order valence-corrected chi connectivity index (χ2v) is 22.3. The number of carbonyl (C=O) groups is 3. The predicted octanol–water partition coefficient (Wildman–Crippen LogP) is 6.59. The van der Waals surface area contributed by atoms with Gasteiger partial charge in [0.25, 0.3) is 5.91 Å². The van der Waals surface area contributed by atoms with E-state index >= 15 is 4.39 Å². The molecule has 4 saturated heterocycles. The van der Waals surface area contributed by atoms with Gasteiger partial charge in [0, 0.05) is 93.2 Å². The number of amides is 3. The highest BCUT2D eigenvalue weighted by atomic mass is 19.1. The van der Waals surface area contributed by atoms with Crippen LogP contribution in [0.5, 0.6) is 11.8 Å². The molecule has 1 unspecified atom stereocenters. The fourth-order valence-electron chi connectivity index (χ4n) is 13.0. The lowest BCUT2D eigenvalue weighted by molar-refractivity contribution is -0.136. The summed E-state index contributed by atoms with van der Waals surface area (Å²) >= 11 is 0. The zero-order valence-electron chi connectivity index (χ0n) is 40.9. The summed E-state index contributed by atoms with van der Waals surface area (Å²) in [4.78, 5) is 63.2. The van der Waals surface area contributed by atoms with Crippen LogP contribution in [0.3, 0.4) is 0 Å². The number of piperazine rings is 1. The van der Waals surface area contributed by atoms with Crippen molar-refractivity contribution >= 4 is 50.9 Å². The number of anilines is 2. The monoisotopic (exact) mass is 965 g/mol. The van der Waals surface area contributed by atoms with E-state index in [1.165, 1.54) is 25.7 Å². The van der Waals surface area contributed by atoms with E-state index in [9.17, 15) is 24.6 Å². The van der Waals surface area contributed by atoms with Crippen molar-refractivity contribution in [1.82, 2.24) is 35.0 Å². The molecule has 71 heavy (non-hydrogen) atoms. The summed E-state index contributed by atoms with van der Waals surface area (Å²) in [6.07, 6.45) is 11.4. The second kappa shape index (κ2) is 17.7. The summed E-state index contributed by atoms with van der Waals surface area (Å²) in [6.45, 7) is 12.7. The van der Waals surface area contributed by atoms with Crippen molar-refractivity contribution in [2.75, 3.05) is 75.3 Å². The van der Waals surface area contributed by atoms with E-state index in [0.29, 0.717) is 72.9 Å². The van der Waals surface area contributed by atoms with Gasteiger partial charge in [0.15, 0.2) is 5.82 Å². The van der Waals surface area contributed by atoms with Gasteiger partial charge in [-0.05, 0) is 142 Å². The van der Waals surface area contributed by atoms with Crippen molar-refractivity contribution in [3.63, 3.8) is 0 Å². The van der Waals surface area contributed by atoms with Crippen molar-refractivity contribution in [1.29, 1.82) is 0 Å². The maximum absolute atomic E-state index is 17.2. The van der Waals surface area contributed by atoms with Crippen molar-refractivity contribution in [2.24, 2.45) is 10.8 Å². The largest absolute Gasteiger partial charge is 0.508 e. The Hall–Kier alpha value is -5.97. The van der Waals surface area contributed by atoms with E-state index in [-0.39, 0.29) is 52.5 Å². The third-order valence-corrected chi connectivity index (χ3v) is 17.3. The minimum absolute atomic E-state index is 0.0140. The van der Waals surface area contributed by atoms with Crippen molar-refractivity contribution in [3.8, 4) is 23.0 Å². The minimum Gasteiger partial charge on any atom is -0.508 e. The second-order valence-electron chi connectivity index (χ2n) is 22.3. The van der Waals surface area contributed by atoms with Crippen molar-refractivity contribution in [3.05, 3.63) is 77.2 Å². The molecule has 3 N–H and O–H groups in total. The number of benzene rings is 3. The van der Waals surface area contributed by atoms with Crippen LogP contribution in [0.1, 0.15) is 99.5 Å². The zero-order valence-corrected chi connectivity index (χ0v) is 40.9. The van der Waals surface area contributed by atoms with Crippen LogP contribution in [0.25, 0.3) is 32.9 Å². The Balaban J connectivity index is 0.672. The number of halogens is 1. The number of nitrogens with one attached hydrogen (secondary N) is 1. The number of imide groups is 1. The molecule has 0 radical (unpaired) electrons. The first-order valence-corrected chi connectivity index (χ1v) is 26.0. The van der Waals surface area contributed by atoms with Crippen LogP contribution in [0.15, 0.2) is 54.7 Å². The number of β-amino-alcohol motifs (C(OH)–C–C–N with tert-alkyl or cyclic N) is 1. The summed E-state index contributed by atoms with van der Waals surface area (Å²) in [5.41, 5.74) is 3.93. The van der Waals surface area contributed by atoms with E-state index in [0.717, 1.165) is 99.1 Å². The van der Waals surface area contributed by atoms with Crippen molar-refractivity contribution in [2.45, 2.75) is 109 Å². The third-order valence-electron chi connectivity index (χ3n) is 17.3. The molecule has 15 nitrogen and oxygen atoms in total. The van der Waals surface area contributed by atoms with Crippen LogP contribution in [0.2, 0.25) is 0 Å². The number of nitrogens with zero attached hydrogens (tertiary/aromatic N) is 8. The van der Waals surface area contributed by atoms with Gasteiger partial charge in [0.05, 0.1) is 17.6 Å². The van der Waals surface area contributed by atoms with Crippen LogP contribution in [-0.4, -0.2) is 141 Å². The summed E-state index contributed by atoms with van der Waals surface area (Å²) < 4.78 is 23.7. The lowest BCUT2D eigenvalue weighted by Gasteiger charge is -2.56. The SMILES string of the molecule is CCc1cccc2cc(O)cc(-c3ncc4c(N5CCC[C@@](C)(O)C5)nc(OCC5(CN6CCC7(CC6)CC(N6CCN(c8ccc9c(c8)CN(C8CCC(=O)NC8=O)C9=O)CC6)C7)CC5)nc4c3F)c12. The van der Waals surface area contributed by atoms with Gasteiger partial charge in [-0.1, -0.05) is 25.1 Å².